The number of amides is 1. The average molecular weight is 355 g/mol. The number of anilines is 1. The molecule has 0 radical (unpaired) electrons. The largest absolute Gasteiger partial charge is 0.325 e. The van der Waals surface area contributed by atoms with Crippen molar-refractivity contribution >= 4 is 33.8 Å². The summed E-state index contributed by atoms with van der Waals surface area (Å²) in [6, 6.07) is 5.38. The maximum Gasteiger partial charge on any atom is 0.262 e. The van der Waals surface area contributed by atoms with Crippen molar-refractivity contribution in [3.8, 4) is 0 Å². The van der Waals surface area contributed by atoms with Gasteiger partial charge in [-0.15, -0.1) is 12.4 Å². The maximum atomic E-state index is 13.0. The number of alkyl halides is 2. The van der Waals surface area contributed by atoms with Gasteiger partial charge in [0.2, 0.25) is 5.91 Å². The van der Waals surface area contributed by atoms with Crippen LogP contribution in [0.5, 0.6) is 0 Å². The Morgan fingerprint density at radius 2 is 2.14 bits per heavy atom. The third-order valence-electron chi connectivity index (χ3n) is 3.05. The highest BCUT2D eigenvalue weighted by atomic mass is 35.5. The summed E-state index contributed by atoms with van der Waals surface area (Å²) in [5.41, 5.74) is 0.915. The van der Waals surface area contributed by atoms with Crippen molar-refractivity contribution in [3.63, 3.8) is 0 Å². The first-order valence-electron chi connectivity index (χ1n) is 6.33. The fourth-order valence-electron chi connectivity index (χ4n) is 2.17. The monoisotopic (exact) mass is 354 g/mol. The molecule has 1 aromatic carbocycles. The van der Waals surface area contributed by atoms with E-state index < -0.39 is 40.7 Å². The van der Waals surface area contributed by atoms with Crippen molar-refractivity contribution < 1.29 is 22.0 Å². The Balaban J connectivity index is 0.00000242. The van der Waals surface area contributed by atoms with E-state index >= 15 is 0 Å². The number of sulfone groups is 1. The van der Waals surface area contributed by atoms with Crippen molar-refractivity contribution in [1.29, 1.82) is 0 Å². The van der Waals surface area contributed by atoms with E-state index in [0.29, 0.717) is 11.3 Å². The Labute approximate surface area is 133 Å². The van der Waals surface area contributed by atoms with Crippen LogP contribution in [0.15, 0.2) is 24.3 Å². The fraction of sp³-hybridized carbons (Fsp3) is 0.462. The minimum atomic E-state index is -3.18. The van der Waals surface area contributed by atoms with Crippen LogP contribution in [0.1, 0.15) is 12.0 Å². The lowest BCUT2D eigenvalue weighted by Gasteiger charge is -2.12. The molecule has 22 heavy (non-hydrogen) atoms. The molecule has 1 heterocycles. The molecule has 2 rings (SSSR count). The van der Waals surface area contributed by atoms with E-state index in [2.05, 4.69) is 10.6 Å². The van der Waals surface area contributed by atoms with E-state index in [1.165, 1.54) is 6.07 Å². The number of carbonyl (C=O) groups is 1. The first-order valence-corrected chi connectivity index (χ1v) is 8.39. The Morgan fingerprint density at radius 3 is 2.68 bits per heavy atom. The van der Waals surface area contributed by atoms with E-state index in [1.54, 1.807) is 18.2 Å². The van der Waals surface area contributed by atoms with Gasteiger partial charge in [-0.05, 0) is 17.7 Å². The second-order valence-corrected chi connectivity index (χ2v) is 7.39. The predicted octanol–water partition coefficient (Wildman–Crippen LogP) is 1.59. The third kappa shape index (κ3) is 5.51. The maximum absolute atomic E-state index is 13.0. The van der Waals surface area contributed by atoms with Gasteiger partial charge >= 0.3 is 0 Å². The summed E-state index contributed by atoms with van der Waals surface area (Å²) in [4.78, 5) is 11.9. The molecule has 0 spiro atoms. The SMILES string of the molecule is CS(=O)(=O)Cc1cccc(NC(=O)C2CC(F)(F)CN2)c1.Cl. The molecule has 1 saturated heterocycles. The van der Waals surface area contributed by atoms with Crippen LogP contribution in [0.2, 0.25) is 0 Å². The standard InChI is InChI=1S/C13H16F2N2O3S.ClH/c1-21(19,20)7-9-3-2-4-10(5-9)17-12(18)11-6-13(14,15)8-16-11;/h2-5,11,16H,6-8H2,1H3,(H,17,18);1H. The quantitative estimate of drug-likeness (QED) is 0.861. The van der Waals surface area contributed by atoms with E-state index in [1.807, 2.05) is 0 Å². The number of carbonyl (C=O) groups excluding carboxylic acids is 1. The van der Waals surface area contributed by atoms with Crippen LogP contribution in [0, 0.1) is 0 Å². The van der Waals surface area contributed by atoms with E-state index in [0.717, 1.165) is 6.26 Å². The molecule has 1 aliphatic heterocycles. The summed E-state index contributed by atoms with van der Waals surface area (Å²) in [7, 11) is -3.18. The summed E-state index contributed by atoms with van der Waals surface area (Å²) >= 11 is 0. The van der Waals surface area contributed by atoms with Gasteiger partial charge in [-0.25, -0.2) is 17.2 Å². The van der Waals surface area contributed by atoms with Gasteiger partial charge in [-0.3, -0.25) is 10.1 Å². The average Bonchev–Trinajstić information content (AvgIpc) is 2.68. The number of nitrogens with one attached hydrogen (secondary N) is 2. The number of rotatable bonds is 4. The zero-order valence-corrected chi connectivity index (χ0v) is 13.4. The smallest absolute Gasteiger partial charge is 0.262 e. The van der Waals surface area contributed by atoms with Crippen LogP contribution in [0.25, 0.3) is 0 Å². The normalized spacial score (nSPS) is 20.2. The molecule has 0 saturated carbocycles. The van der Waals surface area contributed by atoms with Crippen LogP contribution in [0.3, 0.4) is 0 Å². The molecule has 1 atom stereocenters. The fourth-order valence-corrected chi connectivity index (χ4v) is 2.96. The van der Waals surface area contributed by atoms with Crippen molar-refractivity contribution in [1.82, 2.24) is 5.32 Å². The molecular weight excluding hydrogens is 338 g/mol. The van der Waals surface area contributed by atoms with Crippen LogP contribution in [-0.2, 0) is 20.4 Å². The lowest BCUT2D eigenvalue weighted by molar-refractivity contribution is -0.118. The second kappa shape index (κ2) is 6.89. The van der Waals surface area contributed by atoms with Gasteiger partial charge in [0.05, 0.1) is 18.3 Å². The summed E-state index contributed by atoms with van der Waals surface area (Å²) < 4.78 is 48.5. The minimum absolute atomic E-state index is 0. The van der Waals surface area contributed by atoms with E-state index in [9.17, 15) is 22.0 Å². The van der Waals surface area contributed by atoms with Crippen LogP contribution < -0.4 is 10.6 Å². The van der Waals surface area contributed by atoms with Crippen molar-refractivity contribution in [3.05, 3.63) is 29.8 Å². The van der Waals surface area contributed by atoms with Crippen molar-refractivity contribution in [2.45, 2.75) is 24.1 Å². The van der Waals surface area contributed by atoms with Gasteiger partial charge in [-0.2, -0.15) is 0 Å². The van der Waals surface area contributed by atoms with Gasteiger partial charge in [0.15, 0.2) is 9.84 Å². The van der Waals surface area contributed by atoms with Crippen LogP contribution in [-0.4, -0.2) is 39.1 Å². The topological polar surface area (TPSA) is 75.3 Å². The molecule has 2 N–H and O–H groups in total. The molecule has 0 aliphatic carbocycles. The highest BCUT2D eigenvalue weighted by Gasteiger charge is 2.42. The molecule has 0 bridgehead atoms. The molecule has 1 aliphatic rings. The number of halogens is 3. The molecule has 1 unspecified atom stereocenters. The molecule has 1 aromatic rings. The van der Waals surface area contributed by atoms with Crippen LogP contribution >= 0.6 is 12.4 Å². The zero-order valence-electron chi connectivity index (χ0n) is 11.8. The highest BCUT2D eigenvalue weighted by Crippen LogP contribution is 2.25. The van der Waals surface area contributed by atoms with E-state index in [4.69, 9.17) is 0 Å². The van der Waals surface area contributed by atoms with Crippen LogP contribution in [0.4, 0.5) is 14.5 Å². The summed E-state index contributed by atoms with van der Waals surface area (Å²) in [6.07, 6.45) is 0.574. The van der Waals surface area contributed by atoms with Crippen molar-refractivity contribution in [2.24, 2.45) is 0 Å². The van der Waals surface area contributed by atoms with E-state index in [-0.39, 0.29) is 18.2 Å². The Morgan fingerprint density at radius 1 is 1.45 bits per heavy atom. The van der Waals surface area contributed by atoms with Crippen molar-refractivity contribution in [2.75, 3.05) is 18.1 Å². The molecule has 9 heteroatoms. The van der Waals surface area contributed by atoms with Gasteiger partial charge in [0.1, 0.15) is 0 Å². The lowest BCUT2D eigenvalue weighted by Crippen LogP contribution is -2.35. The number of benzene rings is 1. The predicted molar refractivity (Wildman–Crippen MR) is 82.2 cm³/mol. The highest BCUT2D eigenvalue weighted by molar-refractivity contribution is 7.89. The molecular formula is C13H17ClF2N2O3S. The first kappa shape index (κ1) is 18.8. The molecule has 0 aromatic heterocycles. The summed E-state index contributed by atoms with van der Waals surface area (Å²) in [6.45, 7) is -0.515. The van der Waals surface area contributed by atoms with Gasteiger partial charge < -0.3 is 5.32 Å². The first-order chi connectivity index (χ1) is 9.65. The summed E-state index contributed by atoms with van der Waals surface area (Å²) in [5, 5.41) is 4.98. The zero-order chi connectivity index (χ0) is 15.7. The summed E-state index contributed by atoms with van der Waals surface area (Å²) in [5.74, 6) is -3.57. The van der Waals surface area contributed by atoms with Gasteiger partial charge in [-0.1, -0.05) is 12.1 Å². The number of hydrogen-bond donors (Lipinski definition) is 2. The van der Waals surface area contributed by atoms with Gasteiger partial charge in [0.25, 0.3) is 5.92 Å². The third-order valence-corrected chi connectivity index (χ3v) is 3.91. The minimum Gasteiger partial charge on any atom is -0.325 e. The molecule has 1 fully saturated rings. The lowest BCUT2D eigenvalue weighted by atomic mass is 10.1. The van der Waals surface area contributed by atoms with Gasteiger partial charge in [0, 0.05) is 18.4 Å². The molecule has 1 amide bonds. The Bertz CT molecular complexity index is 652. The molecule has 124 valence electrons. The molecule has 5 nitrogen and oxygen atoms in total. The number of hydrogen-bond acceptors (Lipinski definition) is 4. The Kier molecular flexibility index (Phi) is 5.89. The Hall–Kier alpha value is -1.25. The second-order valence-electron chi connectivity index (χ2n) is 5.25.